The molecule has 130 valence electrons. The average Bonchev–Trinajstić information content (AvgIpc) is 3.39. The number of amides is 1. The number of rotatable bonds is 5. The maximum Gasteiger partial charge on any atom is 0.270 e. The lowest BCUT2D eigenvalue weighted by molar-refractivity contribution is 0.0920. The lowest BCUT2D eigenvalue weighted by Gasteiger charge is -2.22. The van der Waals surface area contributed by atoms with Gasteiger partial charge in [0, 0.05) is 11.5 Å². The van der Waals surface area contributed by atoms with Crippen LogP contribution >= 0.6 is 34.4 Å². The fourth-order valence-electron chi connectivity index (χ4n) is 2.96. The van der Waals surface area contributed by atoms with Gasteiger partial charge in [-0.2, -0.15) is 0 Å². The Morgan fingerprint density at radius 1 is 1.40 bits per heavy atom. The Morgan fingerprint density at radius 2 is 2.32 bits per heavy atom. The van der Waals surface area contributed by atoms with Gasteiger partial charge in [-0.3, -0.25) is 9.69 Å². The van der Waals surface area contributed by atoms with Crippen molar-refractivity contribution < 1.29 is 9.53 Å². The number of hydrogen-bond donors (Lipinski definition) is 0. The molecule has 0 unspecified atom stereocenters. The van der Waals surface area contributed by atoms with E-state index in [1.807, 2.05) is 23.6 Å². The molecule has 3 heterocycles. The minimum absolute atomic E-state index is 0.00950. The molecule has 1 amide bonds. The maximum absolute atomic E-state index is 13.1. The van der Waals surface area contributed by atoms with Crippen LogP contribution in [0.3, 0.4) is 0 Å². The van der Waals surface area contributed by atoms with Crippen molar-refractivity contribution in [2.45, 2.75) is 23.8 Å². The molecule has 25 heavy (non-hydrogen) atoms. The second-order valence-electron chi connectivity index (χ2n) is 5.83. The largest absolute Gasteiger partial charge is 0.376 e. The standard InChI is InChI=1S/C18H18N2O2S3/c1-23-13-6-2-7-14-16(13)19-18(25-14)20(11-12-5-3-9-22-12)17(21)15-8-4-10-24-15/h2,4,6-8,10,12H,3,5,9,11H2,1H3/t12-/m0/s1. The quantitative estimate of drug-likeness (QED) is 0.581. The Kier molecular flexibility index (Phi) is 5.08. The number of thiophene rings is 1. The number of fused-ring (bicyclic) bond motifs is 1. The molecule has 0 spiro atoms. The van der Waals surface area contributed by atoms with E-state index in [1.54, 1.807) is 28.0 Å². The first-order chi connectivity index (χ1) is 12.3. The van der Waals surface area contributed by atoms with E-state index in [0.717, 1.165) is 44.6 Å². The van der Waals surface area contributed by atoms with Gasteiger partial charge in [-0.15, -0.1) is 23.1 Å². The number of hydrogen-bond acceptors (Lipinski definition) is 6. The minimum atomic E-state index is 0.00950. The normalized spacial score (nSPS) is 17.2. The van der Waals surface area contributed by atoms with E-state index in [2.05, 4.69) is 18.4 Å². The van der Waals surface area contributed by atoms with E-state index in [-0.39, 0.29) is 12.0 Å². The molecule has 2 aromatic heterocycles. The van der Waals surface area contributed by atoms with Gasteiger partial charge in [0.2, 0.25) is 0 Å². The summed E-state index contributed by atoms with van der Waals surface area (Å²) in [4.78, 5) is 21.6. The van der Waals surface area contributed by atoms with Crippen molar-refractivity contribution in [3.63, 3.8) is 0 Å². The van der Waals surface area contributed by atoms with Gasteiger partial charge in [0.05, 0.1) is 27.7 Å². The zero-order chi connectivity index (χ0) is 17.2. The van der Waals surface area contributed by atoms with Crippen molar-refractivity contribution in [1.82, 2.24) is 4.98 Å². The molecule has 1 atom stereocenters. The summed E-state index contributed by atoms with van der Waals surface area (Å²) in [5, 5.41) is 2.69. The van der Waals surface area contributed by atoms with E-state index in [1.165, 1.54) is 11.3 Å². The molecule has 4 nitrogen and oxygen atoms in total. The van der Waals surface area contributed by atoms with Crippen molar-refractivity contribution in [3.8, 4) is 0 Å². The Hall–Kier alpha value is -1.41. The van der Waals surface area contributed by atoms with Crippen LogP contribution in [-0.2, 0) is 4.74 Å². The Balaban J connectivity index is 1.72. The van der Waals surface area contributed by atoms with Crippen LogP contribution in [-0.4, -0.2) is 36.4 Å². The molecule has 1 aliphatic rings. The molecule has 0 radical (unpaired) electrons. The van der Waals surface area contributed by atoms with Crippen LogP contribution in [0.5, 0.6) is 0 Å². The molecule has 3 aromatic rings. The molecule has 0 bridgehead atoms. The van der Waals surface area contributed by atoms with Crippen LogP contribution in [0.25, 0.3) is 10.2 Å². The predicted octanol–water partition coefficient (Wildman–Crippen LogP) is 4.91. The monoisotopic (exact) mass is 390 g/mol. The zero-order valence-corrected chi connectivity index (χ0v) is 16.3. The van der Waals surface area contributed by atoms with Crippen molar-refractivity contribution in [3.05, 3.63) is 40.6 Å². The lowest BCUT2D eigenvalue weighted by Crippen LogP contribution is -2.37. The molecule has 1 saturated heterocycles. The number of ether oxygens (including phenoxy) is 1. The summed E-state index contributed by atoms with van der Waals surface area (Å²) in [5.41, 5.74) is 0.978. The number of benzene rings is 1. The third-order valence-electron chi connectivity index (χ3n) is 4.21. The number of thioether (sulfide) groups is 1. The summed E-state index contributed by atoms with van der Waals surface area (Å²) in [5.74, 6) is 0.00950. The summed E-state index contributed by atoms with van der Waals surface area (Å²) in [6.07, 6.45) is 4.20. The van der Waals surface area contributed by atoms with Crippen LogP contribution < -0.4 is 4.90 Å². The summed E-state index contributed by atoms with van der Waals surface area (Å²) in [6, 6.07) is 9.96. The van der Waals surface area contributed by atoms with Crippen molar-refractivity contribution in [2.75, 3.05) is 24.3 Å². The van der Waals surface area contributed by atoms with Crippen LogP contribution in [0.4, 0.5) is 5.13 Å². The van der Waals surface area contributed by atoms with E-state index >= 15 is 0 Å². The molecule has 1 aliphatic heterocycles. The van der Waals surface area contributed by atoms with E-state index in [9.17, 15) is 4.79 Å². The molecule has 1 aromatic carbocycles. The fourth-order valence-corrected chi connectivity index (χ4v) is 5.27. The lowest BCUT2D eigenvalue weighted by atomic mass is 10.2. The van der Waals surface area contributed by atoms with Crippen molar-refractivity contribution in [2.24, 2.45) is 0 Å². The zero-order valence-electron chi connectivity index (χ0n) is 13.8. The minimum Gasteiger partial charge on any atom is -0.376 e. The van der Waals surface area contributed by atoms with Crippen molar-refractivity contribution in [1.29, 1.82) is 0 Å². The van der Waals surface area contributed by atoms with Gasteiger partial charge in [0.1, 0.15) is 0 Å². The molecule has 7 heteroatoms. The maximum atomic E-state index is 13.1. The molecule has 1 fully saturated rings. The number of aromatic nitrogens is 1. The third kappa shape index (κ3) is 3.46. The predicted molar refractivity (Wildman–Crippen MR) is 106 cm³/mol. The van der Waals surface area contributed by atoms with Crippen LogP contribution in [0, 0.1) is 0 Å². The highest BCUT2D eigenvalue weighted by Crippen LogP contribution is 2.35. The Bertz CT molecular complexity index is 870. The number of carbonyl (C=O) groups is 1. The summed E-state index contributed by atoms with van der Waals surface area (Å²) in [6.45, 7) is 1.34. The van der Waals surface area contributed by atoms with Crippen LogP contribution in [0.1, 0.15) is 22.5 Å². The van der Waals surface area contributed by atoms with Gasteiger partial charge in [-0.05, 0) is 42.7 Å². The third-order valence-corrected chi connectivity index (χ3v) is 6.88. The second-order valence-corrected chi connectivity index (χ2v) is 8.64. The average molecular weight is 391 g/mol. The first-order valence-corrected chi connectivity index (χ1v) is 11.1. The fraction of sp³-hybridized carbons (Fsp3) is 0.333. The molecular formula is C18H18N2O2S3. The number of para-hydroxylation sites is 1. The van der Waals surface area contributed by atoms with Gasteiger partial charge in [0.15, 0.2) is 5.13 Å². The van der Waals surface area contributed by atoms with E-state index < -0.39 is 0 Å². The highest BCUT2D eigenvalue weighted by molar-refractivity contribution is 7.98. The van der Waals surface area contributed by atoms with Gasteiger partial charge in [0.25, 0.3) is 5.91 Å². The molecular weight excluding hydrogens is 372 g/mol. The van der Waals surface area contributed by atoms with Gasteiger partial charge in [-0.25, -0.2) is 4.98 Å². The van der Waals surface area contributed by atoms with Crippen LogP contribution in [0.15, 0.2) is 40.6 Å². The first-order valence-electron chi connectivity index (χ1n) is 8.17. The first kappa shape index (κ1) is 17.0. The Morgan fingerprint density at radius 3 is 3.04 bits per heavy atom. The van der Waals surface area contributed by atoms with Gasteiger partial charge >= 0.3 is 0 Å². The smallest absolute Gasteiger partial charge is 0.270 e. The highest BCUT2D eigenvalue weighted by atomic mass is 32.2. The summed E-state index contributed by atoms with van der Waals surface area (Å²) in [7, 11) is 0. The van der Waals surface area contributed by atoms with E-state index in [0.29, 0.717) is 6.54 Å². The van der Waals surface area contributed by atoms with E-state index in [4.69, 9.17) is 9.72 Å². The topological polar surface area (TPSA) is 42.4 Å². The van der Waals surface area contributed by atoms with Gasteiger partial charge < -0.3 is 4.74 Å². The molecule has 0 aliphatic carbocycles. The number of anilines is 1. The summed E-state index contributed by atoms with van der Waals surface area (Å²) >= 11 is 4.72. The second kappa shape index (κ2) is 7.45. The Labute approximate surface area is 158 Å². The molecule has 0 saturated carbocycles. The molecule has 4 rings (SSSR count). The summed E-state index contributed by atoms with van der Waals surface area (Å²) < 4.78 is 6.88. The number of thiazole rings is 1. The SMILES string of the molecule is CSc1cccc2sc(N(C[C@@H]3CCCO3)C(=O)c3cccs3)nc12. The van der Waals surface area contributed by atoms with Crippen LogP contribution in [0.2, 0.25) is 0 Å². The number of carbonyl (C=O) groups excluding carboxylic acids is 1. The highest BCUT2D eigenvalue weighted by Gasteiger charge is 2.27. The molecule has 0 N–H and O–H groups in total. The van der Waals surface area contributed by atoms with Crippen molar-refractivity contribution >= 4 is 55.7 Å². The number of nitrogens with zero attached hydrogens (tertiary/aromatic N) is 2. The van der Waals surface area contributed by atoms with Gasteiger partial charge in [-0.1, -0.05) is 23.5 Å².